The summed E-state index contributed by atoms with van der Waals surface area (Å²) in [7, 11) is -4.46. The van der Waals surface area contributed by atoms with Crippen molar-refractivity contribution in [2.45, 2.75) is 103 Å². The maximum atomic E-state index is 15.3. The van der Waals surface area contributed by atoms with Crippen LogP contribution in [0.3, 0.4) is 0 Å². The zero-order valence-electron chi connectivity index (χ0n) is 27.5. The van der Waals surface area contributed by atoms with Gasteiger partial charge >= 0.3 is 0 Å². The van der Waals surface area contributed by atoms with Crippen LogP contribution in [-0.2, 0) is 14.9 Å². The zero-order valence-corrected chi connectivity index (χ0v) is 28.4. The van der Waals surface area contributed by atoms with E-state index in [0.29, 0.717) is 39.1 Å². The third kappa shape index (κ3) is 6.30. The molecule has 0 saturated heterocycles. The van der Waals surface area contributed by atoms with Crippen molar-refractivity contribution in [1.82, 2.24) is 0 Å². The lowest BCUT2D eigenvalue weighted by atomic mass is 9.80. The van der Waals surface area contributed by atoms with Gasteiger partial charge in [-0.3, -0.25) is 9.35 Å². The maximum absolute atomic E-state index is 15.3. The predicted octanol–water partition coefficient (Wildman–Crippen LogP) is 8.93. The fraction of sp³-hybridized carbons (Fsp3) is 0.541. The highest BCUT2D eigenvalue weighted by Crippen LogP contribution is 2.59. The molecule has 0 spiro atoms. The number of carbonyl (C=O) groups is 1. The van der Waals surface area contributed by atoms with Crippen LogP contribution in [0.4, 0.5) is 10.1 Å². The van der Waals surface area contributed by atoms with Gasteiger partial charge in [0.2, 0.25) is 6.29 Å². The van der Waals surface area contributed by atoms with Crippen LogP contribution < -0.4 is 10.1 Å². The molecule has 2 N–H and O–H groups in total. The lowest BCUT2D eigenvalue weighted by Gasteiger charge is -2.35. The molecule has 3 saturated carbocycles. The second-order valence-corrected chi connectivity index (χ2v) is 16.0. The first-order valence-corrected chi connectivity index (χ1v) is 18.2. The number of halogens is 1. The molecule has 1 amide bonds. The number of anilines is 1. The van der Waals surface area contributed by atoms with Gasteiger partial charge in [0.25, 0.3) is 16.0 Å². The van der Waals surface area contributed by atoms with E-state index in [2.05, 4.69) is 5.32 Å². The Bertz CT molecular complexity index is 1750. The van der Waals surface area contributed by atoms with Crippen molar-refractivity contribution in [2.24, 2.45) is 29.6 Å². The van der Waals surface area contributed by atoms with Gasteiger partial charge in [0.05, 0.1) is 11.0 Å². The molecule has 248 valence electrons. The van der Waals surface area contributed by atoms with E-state index < -0.39 is 28.1 Å². The SMILES string of the molecule is CC(C)c1cc(S(=O)(=O)O)c(C(C)C)cc1NC(=O)c1ccc2cc(F)c(OC(OC3CC4CC3C3CCCC43)C(C)C)cc2c1. The monoisotopic (exact) mass is 651 g/mol. The Labute approximate surface area is 272 Å². The van der Waals surface area contributed by atoms with Crippen LogP contribution in [0, 0.1) is 35.4 Å². The van der Waals surface area contributed by atoms with Crippen LogP contribution in [0.5, 0.6) is 5.75 Å². The smallest absolute Gasteiger partial charge is 0.294 e. The molecule has 0 heterocycles. The molecule has 0 aliphatic heterocycles. The van der Waals surface area contributed by atoms with Gasteiger partial charge in [0.15, 0.2) is 11.6 Å². The van der Waals surface area contributed by atoms with Crippen molar-refractivity contribution >= 4 is 32.5 Å². The van der Waals surface area contributed by atoms with E-state index in [1.54, 1.807) is 30.3 Å². The minimum Gasteiger partial charge on any atom is -0.462 e. The van der Waals surface area contributed by atoms with E-state index in [4.69, 9.17) is 9.47 Å². The number of hydrogen-bond acceptors (Lipinski definition) is 5. The van der Waals surface area contributed by atoms with Crippen molar-refractivity contribution < 1.29 is 31.6 Å². The van der Waals surface area contributed by atoms with Gasteiger partial charge in [-0.25, -0.2) is 4.39 Å². The minimum atomic E-state index is -4.46. The van der Waals surface area contributed by atoms with Crippen LogP contribution in [0.1, 0.15) is 107 Å². The van der Waals surface area contributed by atoms with Crippen molar-refractivity contribution in [1.29, 1.82) is 0 Å². The quantitative estimate of drug-likeness (QED) is 0.168. The summed E-state index contributed by atoms with van der Waals surface area (Å²) in [4.78, 5) is 13.4. The van der Waals surface area contributed by atoms with E-state index >= 15 is 4.39 Å². The zero-order chi connectivity index (χ0) is 33.1. The van der Waals surface area contributed by atoms with Crippen molar-refractivity contribution in [3.63, 3.8) is 0 Å². The number of ether oxygens (including phenoxy) is 2. The first-order valence-electron chi connectivity index (χ1n) is 16.7. The Morgan fingerprint density at radius 2 is 1.61 bits per heavy atom. The minimum absolute atomic E-state index is 0.0174. The molecule has 3 aromatic rings. The second-order valence-electron chi connectivity index (χ2n) is 14.6. The predicted molar refractivity (Wildman–Crippen MR) is 177 cm³/mol. The van der Waals surface area contributed by atoms with Crippen molar-refractivity contribution in [3.8, 4) is 5.75 Å². The number of nitrogens with one attached hydrogen (secondary N) is 1. The Morgan fingerprint density at radius 1 is 0.891 bits per heavy atom. The summed E-state index contributed by atoms with van der Waals surface area (Å²) in [6.45, 7) is 11.5. The summed E-state index contributed by atoms with van der Waals surface area (Å²) < 4.78 is 62.3. The fourth-order valence-electron chi connectivity index (χ4n) is 8.33. The summed E-state index contributed by atoms with van der Waals surface area (Å²) in [6.07, 6.45) is 5.83. The Kier molecular flexibility index (Phi) is 8.98. The van der Waals surface area contributed by atoms with Gasteiger partial charge in [-0.15, -0.1) is 0 Å². The van der Waals surface area contributed by atoms with Crippen LogP contribution in [-0.4, -0.2) is 31.3 Å². The summed E-state index contributed by atoms with van der Waals surface area (Å²) in [5.41, 5.74) is 1.83. The van der Waals surface area contributed by atoms with Crippen LogP contribution in [0.2, 0.25) is 0 Å². The van der Waals surface area contributed by atoms with E-state index in [1.807, 2.05) is 41.5 Å². The highest BCUT2D eigenvalue weighted by Gasteiger charge is 2.54. The van der Waals surface area contributed by atoms with E-state index in [-0.39, 0.29) is 34.5 Å². The molecule has 0 radical (unpaired) electrons. The van der Waals surface area contributed by atoms with Gasteiger partial charge < -0.3 is 14.8 Å². The molecule has 0 aromatic heterocycles. The van der Waals surface area contributed by atoms with Crippen LogP contribution in [0.15, 0.2) is 47.4 Å². The second kappa shape index (κ2) is 12.5. The molecular formula is C37H46FNO6S. The first-order chi connectivity index (χ1) is 21.7. The first kappa shape index (κ1) is 32.9. The molecule has 3 aliphatic rings. The van der Waals surface area contributed by atoms with Gasteiger partial charge in [-0.05, 0) is 119 Å². The lowest BCUT2D eigenvalue weighted by molar-refractivity contribution is -0.163. The molecule has 3 aromatic carbocycles. The molecule has 46 heavy (non-hydrogen) atoms. The van der Waals surface area contributed by atoms with Crippen LogP contribution in [0.25, 0.3) is 10.8 Å². The van der Waals surface area contributed by atoms with E-state index in [9.17, 15) is 17.8 Å². The molecule has 3 aliphatic carbocycles. The molecular weight excluding hydrogens is 605 g/mol. The largest absolute Gasteiger partial charge is 0.462 e. The topological polar surface area (TPSA) is 102 Å². The van der Waals surface area contributed by atoms with Gasteiger partial charge in [0.1, 0.15) is 0 Å². The normalized spacial score (nSPS) is 24.7. The van der Waals surface area contributed by atoms with Crippen molar-refractivity contribution in [2.75, 3.05) is 5.32 Å². The van der Waals surface area contributed by atoms with Crippen LogP contribution >= 0.6 is 0 Å². The summed E-state index contributed by atoms with van der Waals surface area (Å²) in [5, 5.41) is 4.23. The Balaban J connectivity index is 1.24. The van der Waals surface area contributed by atoms with Crippen molar-refractivity contribution in [3.05, 3.63) is 65.0 Å². The highest BCUT2D eigenvalue weighted by molar-refractivity contribution is 7.85. The van der Waals surface area contributed by atoms with Gasteiger partial charge in [-0.2, -0.15) is 8.42 Å². The number of carbonyl (C=O) groups excluding carboxylic acids is 1. The number of fused-ring (bicyclic) bond motifs is 6. The van der Waals surface area contributed by atoms with Gasteiger partial charge in [-0.1, -0.05) is 54.0 Å². The summed E-state index contributed by atoms with van der Waals surface area (Å²) in [6, 6.07) is 11.1. The lowest BCUT2D eigenvalue weighted by Crippen LogP contribution is -2.37. The van der Waals surface area contributed by atoms with Gasteiger partial charge in [0, 0.05) is 17.2 Å². The molecule has 9 heteroatoms. The average molecular weight is 652 g/mol. The third-order valence-electron chi connectivity index (χ3n) is 10.6. The highest BCUT2D eigenvalue weighted by atomic mass is 32.2. The summed E-state index contributed by atoms with van der Waals surface area (Å²) >= 11 is 0. The third-order valence-corrected chi connectivity index (χ3v) is 11.5. The summed E-state index contributed by atoms with van der Waals surface area (Å²) in [5.74, 6) is 1.81. The number of rotatable bonds is 10. The maximum Gasteiger partial charge on any atom is 0.294 e. The molecule has 3 fully saturated rings. The van der Waals surface area contributed by atoms with E-state index in [1.165, 1.54) is 37.8 Å². The number of benzene rings is 3. The molecule has 6 rings (SSSR count). The molecule has 6 atom stereocenters. The molecule has 6 unspecified atom stereocenters. The Morgan fingerprint density at radius 3 is 2.28 bits per heavy atom. The fourth-order valence-corrected chi connectivity index (χ4v) is 9.20. The standard InChI is InChI=1S/C37H46FNO6S/c1-19(2)28-18-35(46(41,42)43)29(20(3)4)17-32(28)39-36(40)23-11-10-22-14-31(38)34(15-24(22)12-23)45-37(21(5)6)44-33-16-25-13-30(33)27-9-7-8-26(25)27/h10-12,14-15,17-21,25-27,30,33,37H,7-9,13,16H2,1-6H3,(H,39,40)(H,41,42,43). The molecule has 7 nitrogen and oxygen atoms in total. The Hall–Kier alpha value is -3.01. The average Bonchev–Trinajstić information content (AvgIpc) is 3.70. The number of hydrogen-bond donors (Lipinski definition) is 2. The molecule has 2 bridgehead atoms. The van der Waals surface area contributed by atoms with E-state index in [0.717, 1.165) is 24.2 Å². The number of amides is 1.